The minimum absolute atomic E-state index is 0.232. The molecule has 3 heterocycles. The second-order valence-corrected chi connectivity index (χ2v) is 8.32. The van der Waals surface area contributed by atoms with Gasteiger partial charge in [0.1, 0.15) is 5.82 Å². The number of hydrogen-bond donors (Lipinski definition) is 2. The van der Waals surface area contributed by atoms with Crippen molar-refractivity contribution in [1.29, 1.82) is 0 Å². The lowest BCUT2D eigenvalue weighted by molar-refractivity contribution is -0.137. The zero-order chi connectivity index (χ0) is 22.9. The number of amides is 1. The average Bonchev–Trinajstić information content (AvgIpc) is 3.16. The molecular formula is C21H19F4N5OS. The minimum Gasteiger partial charge on any atom is -0.357 e. The van der Waals surface area contributed by atoms with Crippen LogP contribution in [-0.2, 0) is 25.7 Å². The van der Waals surface area contributed by atoms with Crippen LogP contribution in [0.5, 0.6) is 0 Å². The molecule has 0 unspecified atom stereocenters. The molecule has 2 N–H and O–H groups in total. The molecule has 1 amide bonds. The molecule has 0 radical (unpaired) electrons. The van der Waals surface area contributed by atoms with Crippen molar-refractivity contribution < 1.29 is 22.4 Å². The molecule has 1 aliphatic rings. The van der Waals surface area contributed by atoms with Gasteiger partial charge in [-0.1, -0.05) is 0 Å². The first-order valence-electron chi connectivity index (χ1n) is 9.72. The first-order valence-corrected chi connectivity index (χ1v) is 10.6. The Morgan fingerprint density at radius 2 is 1.97 bits per heavy atom. The molecular weight excluding hydrogens is 446 g/mol. The summed E-state index contributed by atoms with van der Waals surface area (Å²) in [6.07, 6.45) is -0.565. The number of nitrogens with one attached hydrogen (secondary N) is 2. The average molecular weight is 465 g/mol. The lowest BCUT2D eigenvalue weighted by atomic mass is 10.0. The second-order valence-electron chi connectivity index (χ2n) is 7.36. The van der Waals surface area contributed by atoms with Gasteiger partial charge in [-0.25, -0.2) is 14.4 Å². The number of carbonyl (C=O) groups is 1. The quantitative estimate of drug-likeness (QED) is 0.541. The maximum atomic E-state index is 13.6. The van der Waals surface area contributed by atoms with Gasteiger partial charge in [-0.2, -0.15) is 13.2 Å². The van der Waals surface area contributed by atoms with Crippen molar-refractivity contribution in [3.8, 4) is 0 Å². The summed E-state index contributed by atoms with van der Waals surface area (Å²) < 4.78 is 52.4. The number of anilines is 2. The van der Waals surface area contributed by atoms with Gasteiger partial charge in [0.25, 0.3) is 5.91 Å². The minimum atomic E-state index is -4.70. The number of nitrogens with zero attached hydrogens (tertiary/aromatic N) is 3. The molecule has 32 heavy (non-hydrogen) atoms. The molecule has 1 aliphatic heterocycles. The van der Waals surface area contributed by atoms with Crippen LogP contribution in [0, 0.1) is 5.82 Å². The SMILES string of the molecule is CNc1ncc(CN2CCc3c(C(=O)Nc4cc(F)cc(C(F)(F)F)c4)csc3C2)cn1. The Balaban J connectivity index is 1.45. The van der Waals surface area contributed by atoms with Crippen molar-refractivity contribution in [3.63, 3.8) is 0 Å². The van der Waals surface area contributed by atoms with Crippen LogP contribution in [-0.4, -0.2) is 34.4 Å². The third kappa shape index (κ3) is 4.89. The van der Waals surface area contributed by atoms with E-state index in [4.69, 9.17) is 0 Å². The van der Waals surface area contributed by atoms with Gasteiger partial charge in [0.15, 0.2) is 0 Å². The van der Waals surface area contributed by atoms with Gasteiger partial charge in [0.05, 0.1) is 11.1 Å². The highest BCUT2D eigenvalue weighted by Crippen LogP contribution is 2.33. The summed E-state index contributed by atoms with van der Waals surface area (Å²) in [4.78, 5) is 24.3. The number of alkyl halides is 3. The topological polar surface area (TPSA) is 70.2 Å². The van der Waals surface area contributed by atoms with Crippen LogP contribution in [0.3, 0.4) is 0 Å². The van der Waals surface area contributed by atoms with Crippen molar-refractivity contribution in [1.82, 2.24) is 14.9 Å². The number of thiophene rings is 1. The maximum Gasteiger partial charge on any atom is 0.416 e. The number of rotatable bonds is 5. The Morgan fingerprint density at radius 1 is 1.22 bits per heavy atom. The summed E-state index contributed by atoms with van der Waals surface area (Å²) in [5.41, 5.74) is 0.864. The highest BCUT2D eigenvalue weighted by atomic mass is 32.1. The van der Waals surface area contributed by atoms with E-state index in [1.165, 1.54) is 11.3 Å². The predicted molar refractivity (Wildman–Crippen MR) is 113 cm³/mol. The third-order valence-electron chi connectivity index (χ3n) is 5.09. The van der Waals surface area contributed by atoms with Gasteiger partial charge < -0.3 is 10.6 Å². The predicted octanol–water partition coefficient (Wildman–Crippen LogP) is 4.55. The summed E-state index contributed by atoms with van der Waals surface area (Å²) in [6.45, 7) is 2.00. The first-order chi connectivity index (χ1) is 15.2. The van der Waals surface area contributed by atoms with Crippen LogP contribution in [0.4, 0.5) is 29.2 Å². The van der Waals surface area contributed by atoms with E-state index in [0.717, 1.165) is 28.1 Å². The molecule has 0 bridgehead atoms. The molecule has 11 heteroatoms. The first kappa shape index (κ1) is 22.2. The zero-order valence-electron chi connectivity index (χ0n) is 17.0. The van der Waals surface area contributed by atoms with Crippen molar-refractivity contribution in [2.45, 2.75) is 25.7 Å². The van der Waals surface area contributed by atoms with Crippen molar-refractivity contribution in [2.75, 3.05) is 24.2 Å². The number of hydrogen-bond acceptors (Lipinski definition) is 6. The molecule has 4 rings (SSSR count). The van der Waals surface area contributed by atoms with E-state index < -0.39 is 23.5 Å². The van der Waals surface area contributed by atoms with Gasteiger partial charge in [-0.3, -0.25) is 9.69 Å². The molecule has 0 fully saturated rings. The van der Waals surface area contributed by atoms with E-state index in [2.05, 4.69) is 25.5 Å². The molecule has 168 valence electrons. The van der Waals surface area contributed by atoms with E-state index in [1.807, 2.05) is 0 Å². The molecule has 0 spiro atoms. The molecule has 2 aromatic heterocycles. The fourth-order valence-corrected chi connectivity index (χ4v) is 4.68. The van der Waals surface area contributed by atoms with Crippen molar-refractivity contribution in [3.05, 3.63) is 68.9 Å². The lowest BCUT2D eigenvalue weighted by Crippen LogP contribution is -2.30. The standard InChI is InChI=1S/C21H19F4N5OS/c1-26-20-27-7-12(8-28-20)9-30-3-2-16-17(11-32-18(16)10-30)19(31)29-15-5-13(21(23,24)25)4-14(22)6-15/h4-8,11H,2-3,9-10H2,1H3,(H,29,31)(H,26,27,28). The number of carbonyl (C=O) groups excluding carboxylic acids is 1. The van der Waals surface area contributed by atoms with Crippen LogP contribution in [0.1, 0.15) is 31.9 Å². The fraction of sp³-hybridized carbons (Fsp3) is 0.286. The van der Waals surface area contributed by atoms with Gasteiger partial charge >= 0.3 is 6.18 Å². The van der Waals surface area contributed by atoms with Crippen LogP contribution in [0.25, 0.3) is 0 Å². The summed E-state index contributed by atoms with van der Waals surface area (Å²) in [5.74, 6) is -1.07. The molecule has 6 nitrogen and oxygen atoms in total. The molecule has 0 aliphatic carbocycles. The number of aromatic nitrogens is 2. The van der Waals surface area contributed by atoms with Crippen LogP contribution >= 0.6 is 11.3 Å². The molecule has 0 saturated heterocycles. The highest BCUT2D eigenvalue weighted by Gasteiger charge is 2.32. The molecule has 3 aromatic rings. The maximum absolute atomic E-state index is 13.6. The van der Waals surface area contributed by atoms with E-state index in [0.29, 0.717) is 43.6 Å². The van der Waals surface area contributed by atoms with E-state index in [1.54, 1.807) is 24.8 Å². The Labute approximate surface area is 185 Å². The van der Waals surface area contributed by atoms with E-state index in [-0.39, 0.29) is 5.69 Å². The molecule has 0 atom stereocenters. The molecule has 1 aromatic carbocycles. The largest absolute Gasteiger partial charge is 0.416 e. The normalized spacial score (nSPS) is 14.2. The van der Waals surface area contributed by atoms with Crippen molar-refractivity contribution >= 4 is 28.9 Å². The Morgan fingerprint density at radius 3 is 2.66 bits per heavy atom. The Hall–Kier alpha value is -3.05. The smallest absolute Gasteiger partial charge is 0.357 e. The Bertz CT molecular complexity index is 1130. The van der Waals surface area contributed by atoms with Gasteiger partial charge in [-0.05, 0) is 30.2 Å². The van der Waals surface area contributed by atoms with Gasteiger partial charge in [-0.15, -0.1) is 11.3 Å². The Kier molecular flexibility index (Phi) is 6.11. The van der Waals surface area contributed by atoms with Crippen LogP contribution in [0.15, 0.2) is 36.0 Å². The lowest BCUT2D eigenvalue weighted by Gasteiger charge is -2.27. The van der Waals surface area contributed by atoms with E-state index in [9.17, 15) is 22.4 Å². The third-order valence-corrected chi connectivity index (χ3v) is 6.10. The van der Waals surface area contributed by atoms with E-state index >= 15 is 0 Å². The zero-order valence-corrected chi connectivity index (χ0v) is 17.8. The van der Waals surface area contributed by atoms with Gasteiger partial charge in [0.2, 0.25) is 5.95 Å². The second kappa shape index (κ2) is 8.83. The number of fused-ring (bicyclic) bond motifs is 1. The summed E-state index contributed by atoms with van der Waals surface area (Å²) in [6, 6.07) is 1.99. The number of benzene rings is 1. The summed E-state index contributed by atoms with van der Waals surface area (Å²) in [5, 5.41) is 6.96. The van der Waals surface area contributed by atoms with Crippen molar-refractivity contribution in [2.24, 2.45) is 0 Å². The molecule has 0 saturated carbocycles. The summed E-state index contributed by atoms with van der Waals surface area (Å²) >= 11 is 1.42. The van der Waals surface area contributed by atoms with Crippen LogP contribution in [0.2, 0.25) is 0 Å². The number of halogens is 4. The highest BCUT2D eigenvalue weighted by molar-refractivity contribution is 7.10. The monoisotopic (exact) mass is 465 g/mol. The van der Waals surface area contributed by atoms with Crippen LogP contribution < -0.4 is 10.6 Å². The summed E-state index contributed by atoms with van der Waals surface area (Å²) in [7, 11) is 1.75. The fourth-order valence-electron chi connectivity index (χ4n) is 3.55. The van der Waals surface area contributed by atoms with Gasteiger partial charge in [0, 0.05) is 60.6 Å².